The van der Waals surface area contributed by atoms with Crippen molar-refractivity contribution in [1.82, 2.24) is 0 Å². The van der Waals surface area contributed by atoms with Gasteiger partial charge in [-0.1, -0.05) is 29.8 Å². The molecule has 0 radical (unpaired) electrons. The number of aromatic carboxylic acids is 1. The zero-order chi connectivity index (χ0) is 27.8. The van der Waals surface area contributed by atoms with E-state index in [4.69, 9.17) is 21.5 Å². The molecule has 2 aliphatic carbocycles. The summed E-state index contributed by atoms with van der Waals surface area (Å²) in [4.78, 5) is 14.1. The summed E-state index contributed by atoms with van der Waals surface area (Å²) in [6.45, 7) is 1.80. The van der Waals surface area contributed by atoms with Gasteiger partial charge in [0.2, 0.25) is 10.0 Å². The Morgan fingerprint density at radius 2 is 2.08 bits per heavy atom. The van der Waals surface area contributed by atoms with Gasteiger partial charge in [0.1, 0.15) is 5.75 Å². The summed E-state index contributed by atoms with van der Waals surface area (Å²) in [5, 5.41) is 26.3. The second kappa shape index (κ2) is 11.1. The highest BCUT2D eigenvalue weighted by atomic mass is 35.5. The van der Waals surface area contributed by atoms with Crippen LogP contribution in [0.3, 0.4) is 0 Å². The largest absolute Gasteiger partial charge is 0.490 e. The van der Waals surface area contributed by atoms with Gasteiger partial charge in [-0.15, -0.1) is 0 Å². The van der Waals surface area contributed by atoms with Crippen LogP contribution in [0, 0.1) is 11.8 Å². The number of nitrogens with zero attached hydrogens (tertiary/aromatic N) is 1. The van der Waals surface area contributed by atoms with Crippen LogP contribution in [0.2, 0.25) is 5.02 Å². The first kappa shape index (κ1) is 28.0. The lowest BCUT2D eigenvalue weighted by molar-refractivity contribution is 0.0456. The van der Waals surface area contributed by atoms with Crippen LogP contribution in [-0.4, -0.2) is 56.2 Å². The molecule has 210 valence electrons. The fourth-order valence-corrected chi connectivity index (χ4v) is 7.07. The highest BCUT2D eigenvalue weighted by Gasteiger charge is 2.44. The second-order valence-corrected chi connectivity index (χ2v) is 13.3. The van der Waals surface area contributed by atoms with Gasteiger partial charge >= 0.3 is 5.97 Å². The van der Waals surface area contributed by atoms with E-state index in [0.29, 0.717) is 25.4 Å². The van der Waals surface area contributed by atoms with Gasteiger partial charge in [-0.3, -0.25) is 0 Å². The van der Waals surface area contributed by atoms with E-state index >= 15 is 0 Å². The molecule has 0 saturated heterocycles. The van der Waals surface area contributed by atoms with Crippen molar-refractivity contribution in [2.75, 3.05) is 30.3 Å². The molecule has 2 aromatic rings. The number of hydrogen-bond donors (Lipinski definition) is 3. The number of carboxylic acid groups (broad SMARTS) is 1. The first-order chi connectivity index (χ1) is 18.5. The number of aliphatic hydroxyl groups excluding tert-OH is 1. The summed E-state index contributed by atoms with van der Waals surface area (Å²) in [6.07, 6.45) is 7.64. The lowest BCUT2D eigenvalue weighted by atomic mass is 9.68. The lowest BCUT2D eigenvalue weighted by Gasteiger charge is -2.45. The first-order valence-electron chi connectivity index (χ1n) is 13.4. The maximum absolute atomic E-state index is 11.8. The third-order valence-corrected chi connectivity index (χ3v) is 9.60. The van der Waals surface area contributed by atoms with Crippen molar-refractivity contribution >= 4 is 33.3 Å². The van der Waals surface area contributed by atoms with E-state index in [2.05, 4.69) is 11.0 Å². The van der Waals surface area contributed by atoms with Crippen molar-refractivity contribution < 1.29 is 28.2 Å². The van der Waals surface area contributed by atoms with Crippen molar-refractivity contribution in [2.45, 2.75) is 50.0 Å². The molecule has 1 aliphatic heterocycles. The molecule has 0 aromatic heterocycles. The number of primary sulfonamides is 1. The smallest absolute Gasteiger partial charge is 0.335 e. The normalized spacial score (nSPS) is 25.4. The average Bonchev–Trinajstić information content (AvgIpc) is 3.01. The number of halogens is 1. The third-order valence-electron chi connectivity index (χ3n) is 8.56. The topological polar surface area (TPSA) is 130 Å². The van der Waals surface area contributed by atoms with Crippen LogP contribution in [0.4, 0.5) is 5.69 Å². The maximum Gasteiger partial charge on any atom is 0.335 e. The third kappa shape index (κ3) is 6.11. The molecule has 8 nitrogen and oxygen atoms in total. The standard InChI is InChI=1S/C29H35ClN2O6S/c30-22-8-10-24-19(14-22)4-3-12-29(24)17-32(25-15-20(28(34)35)7-11-27(25)38-18-29)16-21-6-9-23(21)26(33)5-1-2-13-39(31,36)37/h1,5,7-8,10-11,14-15,21,23,26,33H,2-4,6,9,12-13,16-18H2,(H,34,35)(H2,31,36,37)/b5-1+/t21-,23+,26?,29-/m0/s1. The van der Waals surface area contributed by atoms with Crippen LogP contribution in [0.1, 0.15) is 53.6 Å². The summed E-state index contributed by atoms with van der Waals surface area (Å²) in [5.74, 6) is -0.268. The minimum absolute atomic E-state index is 0.0272. The van der Waals surface area contributed by atoms with Crippen molar-refractivity contribution in [3.8, 4) is 5.75 Å². The molecule has 3 aliphatic rings. The molecular formula is C29H35ClN2O6S. The quantitative estimate of drug-likeness (QED) is 0.404. The Labute approximate surface area is 234 Å². The molecule has 1 spiro atoms. The van der Waals surface area contributed by atoms with Crippen LogP contribution in [0.25, 0.3) is 0 Å². The van der Waals surface area contributed by atoms with Crippen LogP contribution in [0.5, 0.6) is 5.75 Å². The lowest BCUT2D eigenvalue weighted by Crippen LogP contribution is -2.49. The number of hydrogen-bond acceptors (Lipinski definition) is 6. The average molecular weight is 575 g/mol. The van der Waals surface area contributed by atoms with Crippen LogP contribution in [-0.2, 0) is 21.9 Å². The van der Waals surface area contributed by atoms with Crippen molar-refractivity contribution in [2.24, 2.45) is 17.0 Å². The number of sulfonamides is 1. The Morgan fingerprint density at radius 3 is 2.79 bits per heavy atom. The van der Waals surface area contributed by atoms with Crippen LogP contribution in [0.15, 0.2) is 48.6 Å². The summed E-state index contributed by atoms with van der Waals surface area (Å²) in [6, 6.07) is 11.1. The summed E-state index contributed by atoms with van der Waals surface area (Å²) in [5.41, 5.74) is 3.16. The van der Waals surface area contributed by atoms with E-state index in [9.17, 15) is 23.4 Å². The van der Waals surface area contributed by atoms with Crippen molar-refractivity contribution in [3.63, 3.8) is 0 Å². The Bertz CT molecular complexity index is 1380. The summed E-state index contributed by atoms with van der Waals surface area (Å²) >= 11 is 6.33. The Morgan fingerprint density at radius 1 is 1.26 bits per heavy atom. The van der Waals surface area contributed by atoms with E-state index in [-0.39, 0.29) is 35.0 Å². The van der Waals surface area contributed by atoms with E-state index in [0.717, 1.165) is 42.8 Å². The van der Waals surface area contributed by atoms with Gasteiger partial charge in [-0.05, 0) is 91.8 Å². The number of rotatable bonds is 8. The number of fused-ring (bicyclic) bond motifs is 3. The van der Waals surface area contributed by atoms with Gasteiger partial charge in [0.15, 0.2) is 0 Å². The highest BCUT2D eigenvalue weighted by molar-refractivity contribution is 7.89. The van der Waals surface area contributed by atoms with E-state index in [1.165, 1.54) is 11.1 Å². The molecule has 4 N–H and O–H groups in total. The molecule has 1 unspecified atom stereocenters. The van der Waals surface area contributed by atoms with Crippen molar-refractivity contribution in [1.29, 1.82) is 0 Å². The van der Waals surface area contributed by atoms with Crippen LogP contribution < -0.4 is 14.8 Å². The molecular weight excluding hydrogens is 540 g/mol. The zero-order valence-electron chi connectivity index (χ0n) is 21.8. The fourth-order valence-electron chi connectivity index (χ4n) is 6.41. The number of carboxylic acids is 1. The molecule has 5 rings (SSSR count). The van der Waals surface area contributed by atoms with Crippen molar-refractivity contribution in [3.05, 3.63) is 70.3 Å². The van der Waals surface area contributed by atoms with E-state index in [1.54, 1.807) is 30.4 Å². The number of aliphatic hydroxyl groups is 1. The number of nitrogens with two attached hydrogens (primary N) is 1. The van der Waals surface area contributed by atoms with Gasteiger partial charge < -0.3 is 19.8 Å². The molecule has 1 saturated carbocycles. The predicted molar refractivity (Wildman–Crippen MR) is 151 cm³/mol. The van der Waals surface area contributed by atoms with Crippen LogP contribution >= 0.6 is 11.6 Å². The van der Waals surface area contributed by atoms with Gasteiger partial charge in [0.25, 0.3) is 0 Å². The number of anilines is 1. The molecule has 39 heavy (non-hydrogen) atoms. The molecule has 1 fully saturated rings. The molecule has 0 bridgehead atoms. The number of carbonyl (C=O) groups is 1. The van der Waals surface area contributed by atoms with E-state index < -0.39 is 22.1 Å². The van der Waals surface area contributed by atoms with Gasteiger partial charge in [0.05, 0.1) is 29.7 Å². The summed E-state index contributed by atoms with van der Waals surface area (Å²) in [7, 11) is -3.54. The Kier molecular flexibility index (Phi) is 7.97. The Balaban J connectivity index is 1.42. The SMILES string of the molecule is NS(=O)(=O)CC/C=C/C(O)[C@@H]1CC[C@H]1CN1C[C@@]2(CCCc3cc(Cl)ccc32)COc2ccc(C(=O)O)cc21. The fraction of sp³-hybridized carbons (Fsp3) is 0.483. The number of ether oxygens (including phenoxy) is 1. The molecule has 1 heterocycles. The Hall–Kier alpha value is -2.59. The zero-order valence-corrected chi connectivity index (χ0v) is 23.3. The van der Waals surface area contributed by atoms with Gasteiger partial charge in [-0.25, -0.2) is 18.4 Å². The number of allylic oxidation sites excluding steroid dienone is 1. The van der Waals surface area contributed by atoms with E-state index in [1.807, 2.05) is 12.1 Å². The minimum atomic E-state index is -3.54. The first-order valence-corrected chi connectivity index (χ1v) is 15.5. The predicted octanol–water partition coefficient (Wildman–Crippen LogP) is 4.13. The monoisotopic (exact) mass is 574 g/mol. The summed E-state index contributed by atoms with van der Waals surface area (Å²) < 4.78 is 28.8. The second-order valence-electron chi connectivity index (χ2n) is 11.2. The number of aryl methyl sites for hydroxylation is 1. The molecule has 4 atom stereocenters. The highest BCUT2D eigenvalue weighted by Crippen LogP contribution is 2.46. The van der Waals surface area contributed by atoms with Gasteiger partial charge in [0, 0.05) is 23.5 Å². The molecule has 10 heteroatoms. The molecule has 2 aromatic carbocycles. The number of benzene rings is 2. The molecule has 0 amide bonds. The minimum Gasteiger partial charge on any atom is -0.490 e. The maximum atomic E-state index is 11.8. The van der Waals surface area contributed by atoms with Gasteiger partial charge in [-0.2, -0.15) is 0 Å².